The molecule has 0 radical (unpaired) electrons. The highest BCUT2D eigenvalue weighted by molar-refractivity contribution is 9.10. The second kappa shape index (κ2) is 6.18. The van der Waals surface area contributed by atoms with Gasteiger partial charge in [0.2, 0.25) is 0 Å². The molecule has 94 valence electrons. The summed E-state index contributed by atoms with van der Waals surface area (Å²) < 4.78 is 13.3. The Morgan fingerprint density at radius 2 is 2.29 bits per heavy atom. The lowest BCUT2D eigenvalue weighted by atomic mass is 10.3. The molecular weight excluding hydrogens is 314 g/mol. The van der Waals surface area contributed by atoms with Crippen LogP contribution in [-0.2, 0) is 0 Å². The maximum atomic E-state index is 13.1. The second-order valence-corrected chi connectivity index (χ2v) is 4.69. The third kappa shape index (κ3) is 4.14. The molecule has 0 saturated heterocycles. The number of urea groups is 1. The zero-order valence-electron chi connectivity index (χ0n) is 8.93. The first kappa shape index (κ1) is 14.2. The van der Waals surface area contributed by atoms with Gasteiger partial charge in [-0.25, -0.2) is 9.18 Å². The van der Waals surface area contributed by atoms with E-state index in [1.165, 1.54) is 6.07 Å². The fourth-order valence-corrected chi connectivity index (χ4v) is 1.59. The molecule has 0 bridgehead atoms. The van der Waals surface area contributed by atoms with Gasteiger partial charge in [0.05, 0.1) is 27.8 Å². The third-order valence-corrected chi connectivity index (χ3v) is 2.83. The molecule has 0 fully saturated rings. The van der Waals surface area contributed by atoms with E-state index in [9.17, 15) is 9.18 Å². The fourth-order valence-electron chi connectivity index (χ4n) is 1.05. The first-order valence-electron chi connectivity index (χ1n) is 4.77. The molecule has 1 rings (SSSR count). The van der Waals surface area contributed by atoms with Crippen molar-refractivity contribution in [3.63, 3.8) is 0 Å². The van der Waals surface area contributed by atoms with E-state index in [-0.39, 0.29) is 27.8 Å². The quantitative estimate of drug-likeness (QED) is 0.748. The Hall–Kier alpha value is -0.850. The van der Waals surface area contributed by atoms with Crippen molar-refractivity contribution in [1.29, 1.82) is 0 Å². The van der Waals surface area contributed by atoms with E-state index < -0.39 is 11.8 Å². The molecule has 0 aromatic heterocycles. The maximum absolute atomic E-state index is 13.1. The number of aliphatic hydroxyl groups excluding tert-OH is 1. The Labute approximate surface area is 111 Å². The van der Waals surface area contributed by atoms with Crippen molar-refractivity contribution in [2.75, 3.05) is 11.9 Å². The molecule has 1 aromatic rings. The molecule has 0 spiro atoms. The van der Waals surface area contributed by atoms with Gasteiger partial charge >= 0.3 is 6.03 Å². The Morgan fingerprint density at radius 1 is 1.65 bits per heavy atom. The van der Waals surface area contributed by atoms with E-state index in [0.29, 0.717) is 0 Å². The van der Waals surface area contributed by atoms with Gasteiger partial charge in [0, 0.05) is 0 Å². The zero-order valence-corrected chi connectivity index (χ0v) is 11.3. The number of hydrogen-bond acceptors (Lipinski definition) is 2. The summed E-state index contributed by atoms with van der Waals surface area (Å²) in [6.45, 7) is 1.47. The molecule has 3 N–H and O–H groups in total. The number of hydrogen-bond donors (Lipinski definition) is 3. The van der Waals surface area contributed by atoms with Crippen molar-refractivity contribution in [2.45, 2.75) is 13.0 Å². The van der Waals surface area contributed by atoms with Gasteiger partial charge in [-0.15, -0.1) is 0 Å². The van der Waals surface area contributed by atoms with Crippen molar-refractivity contribution in [1.82, 2.24) is 5.32 Å². The van der Waals surface area contributed by atoms with Crippen LogP contribution < -0.4 is 10.6 Å². The maximum Gasteiger partial charge on any atom is 0.319 e. The molecule has 1 aromatic carbocycles. The minimum Gasteiger partial charge on any atom is -0.394 e. The van der Waals surface area contributed by atoms with Crippen molar-refractivity contribution in [2.24, 2.45) is 0 Å². The van der Waals surface area contributed by atoms with E-state index in [2.05, 4.69) is 26.6 Å². The van der Waals surface area contributed by atoms with Crippen molar-refractivity contribution >= 4 is 39.2 Å². The van der Waals surface area contributed by atoms with Crippen LogP contribution in [0, 0.1) is 5.82 Å². The van der Waals surface area contributed by atoms with Crippen LogP contribution in [0.25, 0.3) is 0 Å². The van der Waals surface area contributed by atoms with E-state index >= 15 is 0 Å². The number of carbonyl (C=O) groups is 1. The lowest BCUT2D eigenvalue weighted by molar-refractivity contribution is 0.229. The monoisotopic (exact) mass is 324 g/mol. The molecule has 0 heterocycles. The van der Waals surface area contributed by atoms with Crippen molar-refractivity contribution in [3.05, 3.63) is 27.4 Å². The molecule has 1 atom stereocenters. The topological polar surface area (TPSA) is 61.4 Å². The average molecular weight is 326 g/mol. The summed E-state index contributed by atoms with van der Waals surface area (Å²) >= 11 is 8.75. The highest BCUT2D eigenvalue weighted by atomic mass is 79.9. The van der Waals surface area contributed by atoms with Crippen LogP contribution in [0.2, 0.25) is 5.02 Å². The number of aliphatic hydroxyl groups is 1. The largest absolute Gasteiger partial charge is 0.394 e. The van der Waals surface area contributed by atoms with Crippen LogP contribution in [0.1, 0.15) is 6.92 Å². The molecule has 0 aliphatic carbocycles. The number of carbonyl (C=O) groups excluding carboxylic acids is 1. The van der Waals surface area contributed by atoms with Crippen molar-refractivity contribution < 1.29 is 14.3 Å². The van der Waals surface area contributed by atoms with E-state index in [1.807, 2.05) is 0 Å². The van der Waals surface area contributed by atoms with Crippen LogP contribution in [-0.4, -0.2) is 23.8 Å². The SMILES string of the molecule is C[C@H](CO)NC(=O)Nc1cc(Br)c(F)cc1Cl. The third-order valence-electron chi connectivity index (χ3n) is 1.91. The van der Waals surface area contributed by atoms with E-state index in [1.54, 1.807) is 6.92 Å². The fraction of sp³-hybridized carbons (Fsp3) is 0.300. The second-order valence-electron chi connectivity index (χ2n) is 3.43. The summed E-state index contributed by atoms with van der Waals surface area (Å²) in [5.74, 6) is -0.510. The minimum atomic E-state index is -0.521. The predicted molar refractivity (Wildman–Crippen MR) is 67.8 cm³/mol. The van der Waals surface area contributed by atoms with Crippen LogP contribution in [0.4, 0.5) is 14.9 Å². The molecule has 7 heteroatoms. The Kier molecular flexibility index (Phi) is 5.17. The summed E-state index contributed by atoms with van der Waals surface area (Å²) in [5, 5.41) is 13.8. The Morgan fingerprint density at radius 3 is 2.88 bits per heavy atom. The molecule has 17 heavy (non-hydrogen) atoms. The number of benzene rings is 1. The lowest BCUT2D eigenvalue weighted by Gasteiger charge is -2.13. The van der Waals surface area contributed by atoms with Gasteiger partial charge in [0.1, 0.15) is 5.82 Å². The first-order valence-corrected chi connectivity index (χ1v) is 5.94. The van der Waals surface area contributed by atoms with Gasteiger partial charge in [0.25, 0.3) is 0 Å². The van der Waals surface area contributed by atoms with Gasteiger partial charge < -0.3 is 15.7 Å². The van der Waals surface area contributed by atoms with Crippen LogP contribution in [0.5, 0.6) is 0 Å². The summed E-state index contributed by atoms with van der Waals surface area (Å²) in [5.41, 5.74) is 0.280. The van der Waals surface area contributed by atoms with Gasteiger partial charge in [-0.3, -0.25) is 0 Å². The first-order chi connectivity index (χ1) is 7.93. The van der Waals surface area contributed by atoms with E-state index in [0.717, 1.165) is 6.07 Å². The lowest BCUT2D eigenvalue weighted by Crippen LogP contribution is -2.38. The summed E-state index contributed by atoms with van der Waals surface area (Å²) in [4.78, 5) is 11.4. The number of halogens is 3. The van der Waals surface area contributed by atoms with Gasteiger partial charge in [0.15, 0.2) is 0 Å². The number of anilines is 1. The Bertz CT molecular complexity index is 431. The van der Waals surface area contributed by atoms with Gasteiger partial charge in [-0.2, -0.15) is 0 Å². The molecule has 4 nitrogen and oxygen atoms in total. The number of amides is 2. The summed E-state index contributed by atoms with van der Waals surface area (Å²) in [6, 6.07) is 1.56. The highest BCUT2D eigenvalue weighted by Gasteiger charge is 2.11. The average Bonchev–Trinajstić information content (AvgIpc) is 2.25. The molecular formula is C10H11BrClFN2O2. The normalized spacial score (nSPS) is 12.1. The number of nitrogens with one attached hydrogen (secondary N) is 2. The Balaban J connectivity index is 2.75. The highest BCUT2D eigenvalue weighted by Crippen LogP contribution is 2.28. The molecule has 2 amide bonds. The smallest absolute Gasteiger partial charge is 0.319 e. The zero-order chi connectivity index (χ0) is 13.0. The van der Waals surface area contributed by atoms with Crippen LogP contribution >= 0.6 is 27.5 Å². The summed E-state index contributed by atoms with van der Waals surface area (Å²) in [7, 11) is 0. The minimum absolute atomic E-state index is 0.0949. The molecule has 0 unspecified atom stereocenters. The molecule has 0 aliphatic rings. The van der Waals surface area contributed by atoms with E-state index in [4.69, 9.17) is 16.7 Å². The predicted octanol–water partition coefficient (Wildman–Crippen LogP) is 2.74. The standard InChI is InChI=1S/C10H11BrClFN2O2/c1-5(4-16)14-10(17)15-9-2-6(11)8(13)3-7(9)12/h2-3,5,16H,4H2,1H3,(H2,14,15,17)/t5-/m1/s1. The summed E-state index contributed by atoms with van der Waals surface area (Å²) in [6.07, 6.45) is 0. The van der Waals surface area contributed by atoms with Crippen LogP contribution in [0.3, 0.4) is 0 Å². The van der Waals surface area contributed by atoms with Gasteiger partial charge in [-0.1, -0.05) is 11.6 Å². The van der Waals surface area contributed by atoms with Gasteiger partial charge in [-0.05, 0) is 35.0 Å². The molecule has 0 saturated carbocycles. The molecule has 0 aliphatic heterocycles. The van der Waals surface area contributed by atoms with Crippen molar-refractivity contribution in [3.8, 4) is 0 Å². The van der Waals surface area contributed by atoms with Crippen LogP contribution in [0.15, 0.2) is 16.6 Å². The number of rotatable bonds is 3.